The highest BCUT2D eigenvalue weighted by molar-refractivity contribution is 5.94. The number of hydrogen-bond donors (Lipinski definition) is 3. The molecule has 3 N–H and O–H groups in total. The van der Waals surface area contributed by atoms with E-state index in [1.54, 1.807) is 18.5 Å². The molecule has 9 nitrogen and oxygen atoms in total. The maximum absolute atomic E-state index is 13.3. The molecule has 1 aromatic rings. The van der Waals surface area contributed by atoms with Gasteiger partial charge in [-0.05, 0) is 49.8 Å². The molecule has 2 unspecified atom stereocenters. The summed E-state index contributed by atoms with van der Waals surface area (Å²) in [4.78, 5) is 43.2. The van der Waals surface area contributed by atoms with Gasteiger partial charge in [0, 0.05) is 18.9 Å². The van der Waals surface area contributed by atoms with Crippen LogP contribution in [0.1, 0.15) is 47.0 Å². The molecule has 0 radical (unpaired) electrons. The molecular formula is C23H36N4O5. The van der Waals surface area contributed by atoms with Crippen LogP contribution >= 0.6 is 0 Å². The molecule has 9 heteroatoms. The van der Waals surface area contributed by atoms with Gasteiger partial charge < -0.3 is 30.0 Å². The average Bonchev–Trinajstić information content (AvgIpc) is 3.47. The third-order valence-corrected chi connectivity index (χ3v) is 6.77. The molecule has 3 heterocycles. The first kappa shape index (κ1) is 24.3. The van der Waals surface area contributed by atoms with Gasteiger partial charge in [-0.1, -0.05) is 27.7 Å². The molecule has 3 rings (SSSR count). The van der Waals surface area contributed by atoms with Crippen LogP contribution < -0.4 is 15.4 Å². The lowest BCUT2D eigenvalue weighted by Gasteiger charge is -2.33. The number of likely N-dealkylation sites (tertiary alicyclic amines) is 1. The zero-order chi connectivity index (χ0) is 23.3. The Labute approximate surface area is 189 Å². The van der Waals surface area contributed by atoms with Gasteiger partial charge in [0.15, 0.2) is 5.78 Å². The summed E-state index contributed by atoms with van der Waals surface area (Å²) >= 11 is 0. The number of ketones is 1. The SMILES string of the molecule is CC(C)C(C)(C)C[C@H](NC(=O)Oc1cc[nH]c1)C(=O)NC1C(=O)COC1CN1CCCC1. The van der Waals surface area contributed by atoms with Crippen LogP contribution in [0.3, 0.4) is 0 Å². The monoisotopic (exact) mass is 448 g/mol. The summed E-state index contributed by atoms with van der Waals surface area (Å²) in [6, 6.07) is 0.0550. The molecule has 1 aromatic heterocycles. The Balaban J connectivity index is 1.68. The largest absolute Gasteiger partial charge is 0.413 e. The Hall–Kier alpha value is -2.39. The van der Waals surface area contributed by atoms with Crippen LogP contribution in [0.4, 0.5) is 4.79 Å². The van der Waals surface area contributed by atoms with E-state index in [2.05, 4.69) is 48.2 Å². The van der Waals surface area contributed by atoms with Crippen molar-refractivity contribution in [2.45, 2.75) is 65.1 Å². The summed E-state index contributed by atoms with van der Waals surface area (Å²) in [5, 5.41) is 5.56. The van der Waals surface area contributed by atoms with Gasteiger partial charge in [0.1, 0.15) is 24.4 Å². The van der Waals surface area contributed by atoms with E-state index in [1.165, 1.54) is 0 Å². The fourth-order valence-corrected chi connectivity index (χ4v) is 4.01. The lowest BCUT2D eigenvalue weighted by molar-refractivity contribution is -0.128. The summed E-state index contributed by atoms with van der Waals surface area (Å²) in [5.41, 5.74) is -0.228. The Morgan fingerprint density at radius 3 is 2.66 bits per heavy atom. The van der Waals surface area contributed by atoms with Crippen LogP contribution in [0, 0.1) is 11.3 Å². The zero-order valence-corrected chi connectivity index (χ0v) is 19.5. The summed E-state index contributed by atoms with van der Waals surface area (Å²) in [6.07, 6.45) is 4.76. The number of carbonyl (C=O) groups excluding carboxylic acids is 3. The van der Waals surface area contributed by atoms with Crippen molar-refractivity contribution < 1.29 is 23.9 Å². The molecule has 2 aliphatic heterocycles. The molecule has 2 aliphatic rings. The van der Waals surface area contributed by atoms with Gasteiger partial charge in [-0.3, -0.25) is 9.59 Å². The van der Waals surface area contributed by atoms with Crippen molar-refractivity contribution >= 4 is 17.8 Å². The van der Waals surface area contributed by atoms with Crippen molar-refractivity contribution in [1.82, 2.24) is 20.5 Å². The number of rotatable bonds is 9. The molecule has 0 saturated carbocycles. The van der Waals surface area contributed by atoms with Crippen LogP contribution in [0.15, 0.2) is 18.5 Å². The highest BCUT2D eigenvalue weighted by Gasteiger charge is 2.40. The van der Waals surface area contributed by atoms with Crippen molar-refractivity contribution in [2.75, 3.05) is 26.2 Å². The summed E-state index contributed by atoms with van der Waals surface area (Å²) in [6.45, 7) is 10.8. The maximum atomic E-state index is 13.3. The minimum absolute atomic E-state index is 0.00539. The second kappa shape index (κ2) is 10.5. The van der Waals surface area contributed by atoms with Gasteiger partial charge in [-0.15, -0.1) is 0 Å². The number of carbonyl (C=O) groups is 3. The number of H-pyrrole nitrogens is 1. The quantitative estimate of drug-likeness (QED) is 0.533. The number of aromatic nitrogens is 1. The van der Waals surface area contributed by atoms with E-state index in [4.69, 9.17) is 9.47 Å². The standard InChI is InChI=1S/C23H36N4O5/c1-15(2)23(3,4)11-17(25-22(30)32-16-7-8-24-12-16)21(29)26-20-18(28)14-31-19(20)13-27-9-5-6-10-27/h7-8,12,15,17,19-20,24H,5-6,9-11,13-14H2,1-4H3,(H,25,30)(H,26,29)/t17-,19?,20?/m0/s1. The van der Waals surface area contributed by atoms with Gasteiger partial charge >= 0.3 is 6.09 Å². The smallest absolute Gasteiger partial charge is 0.409 e. The normalized spacial score (nSPS) is 22.8. The zero-order valence-electron chi connectivity index (χ0n) is 19.5. The van der Waals surface area contributed by atoms with E-state index in [-0.39, 0.29) is 29.8 Å². The number of nitrogens with zero attached hydrogens (tertiary/aromatic N) is 1. The lowest BCUT2D eigenvalue weighted by Crippen LogP contribution is -2.56. The number of nitrogens with one attached hydrogen (secondary N) is 3. The van der Waals surface area contributed by atoms with Gasteiger partial charge in [0.05, 0.1) is 6.10 Å². The Kier molecular flexibility index (Phi) is 7.95. The third-order valence-electron chi connectivity index (χ3n) is 6.77. The predicted octanol–water partition coefficient (Wildman–Crippen LogP) is 2.09. The topological polar surface area (TPSA) is 113 Å². The van der Waals surface area contributed by atoms with Crippen molar-refractivity contribution in [3.05, 3.63) is 18.5 Å². The maximum Gasteiger partial charge on any atom is 0.413 e. The first-order valence-electron chi connectivity index (χ1n) is 11.4. The van der Waals surface area contributed by atoms with Crippen molar-refractivity contribution in [3.8, 4) is 5.75 Å². The van der Waals surface area contributed by atoms with E-state index in [1.807, 2.05) is 0 Å². The first-order chi connectivity index (χ1) is 15.2. The molecule has 2 amide bonds. The minimum atomic E-state index is -0.848. The summed E-state index contributed by atoms with van der Waals surface area (Å²) in [5.74, 6) is 0.0915. The molecule has 3 atom stereocenters. The van der Waals surface area contributed by atoms with Crippen molar-refractivity contribution in [2.24, 2.45) is 11.3 Å². The molecule has 178 valence electrons. The number of hydrogen-bond acceptors (Lipinski definition) is 6. The summed E-state index contributed by atoms with van der Waals surface area (Å²) in [7, 11) is 0. The Morgan fingerprint density at radius 2 is 2.03 bits per heavy atom. The molecule has 0 aliphatic carbocycles. The number of amides is 2. The van der Waals surface area contributed by atoms with Gasteiger partial charge in [-0.2, -0.15) is 0 Å². The van der Waals surface area contributed by atoms with E-state index in [9.17, 15) is 14.4 Å². The Morgan fingerprint density at radius 1 is 1.31 bits per heavy atom. The minimum Gasteiger partial charge on any atom is -0.409 e. The fourth-order valence-electron chi connectivity index (χ4n) is 4.01. The summed E-state index contributed by atoms with van der Waals surface area (Å²) < 4.78 is 10.9. The number of Topliss-reactive ketones (excluding diaryl/α,β-unsaturated/α-hetero) is 1. The molecule has 32 heavy (non-hydrogen) atoms. The van der Waals surface area contributed by atoms with Crippen LogP contribution in [0.2, 0.25) is 0 Å². The van der Waals surface area contributed by atoms with E-state index < -0.39 is 24.1 Å². The highest BCUT2D eigenvalue weighted by atomic mass is 16.6. The number of ether oxygens (including phenoxy) is 2. The van der Waals surface area contributed by atoms with E-state index in [0.29, 0.717) is 18.7 Å². The number of aromatic amines is 1. The molecule has 0 bridgehead atoms. The van der Waals surface area contributed by atoms with Gasteiger partial charge in [0.2, 0.25) is 5.91 Å². The fraction of sp³-hybridized carbons (Fsp3) is 0.696. The molecule has 0 spiro atoms. The van der Waals surface area contributed by atoms with Gasteiger partial charge in [-0.25, -0.2) is 4.79 Å². The molecular weight excluding hydrogens is 412 g/mol. The third kappa shape index (κ3) is 6.32. The Bertz CT molecular complexity index is 786. The predicted molar refractivity (Wildman–Crippen MR) is 119 cm³/mol. The lowest BCUT2D eigenvalue weighted by atomic mass is 9.76. The first-order valence-corrected chi connectivity index (χ1v) is 11.4. The van der Waals surface area contributed by atoms with Crippen molar-refractivity contribution in [1.29, 1.82) is 0 Å². The van der Waals surface area contributed by atoms with Crippen LogP contribution in [0.5, 0.6) is 5.75 Å². The second-order valence-corrected chi connectivity index (χ2v) is 9.79. The molecule has 2 fully saturated rings. The van der Waals surface area contributed by atoms with Crippen LogP contribution in [0.25, 0.3) is 0 Å². The van der Waals surface area contributed by atoms with Crippen LogP contribution in [-0.2, 0) is 14.3 Å². The van der Waals surface area contributed by atoms with Crippen LogP contribution in [-0.4, -0.2) is 72.1 Å². The molecule has 0 aromatic carbocycles. The average molecular weight is 449 g/mol. The van der Waals surface area contributed by atoms with Gasteiger partial charge in [0.25, 0.3) is 0 Å². The van der Waals surface area contributed by atoms with E-state index in [0.717, 1.165) is 25.9 Å². The van der Waals surface area contributed by atoms with Crippen molar-refractivity contribution in [3.63, 3.8) is 0 Å². The van der Waals surface area contributed by atoms with E-state index >= 15 is 0 Å². The second-order valence-electron chi connectivity index (χ2n) is 9.79. The highest BCUT2D eigenvalue weighted by Crippen LogP contribution is 2.31. The molecule has 2 saturated heterocycles.